The lowest BCUT2D eigenvalue weighted by molar-refractivity contribution is -0.384. The van der Waals surface area contributed by atoms with E-state index >= 15 is 0 Å². The third-order valence-electron chi connectivity index (χ3n) is 2.76. The van der Waals surface area contributed by atoms with Crippen LogP contribution in [-0.2, 0) is 14.8 Å². The molecule has 120 valence electrons. The molecule has 1 aromatic rings. The van der Waals surface area contributed by atoms with Gasteiger partial charge in [0.1, 0.15) is 4.90 Å². The third kappa shape index (κ3) is 4.38. The lowest BCUT2D eigenvalue weighted by atomic mass is 10.3. The highest BCUT2D eigenvalue weighted by Gasteiger charge is 2.27. The minimum Gasteiger partial charge on any atom is -0.383 e. The quantitative estimate of drug-likeness (QED) is 0.523. The zero-order valence-electron chi connectivity index (χ0n) is 11.7. The van der Waals surface area contributed by atoms with E-state index in [-0.39, 0.29) is 41.7 Å². The van der Waals surface area contributed by atoms with E-state index < -0.39 is 14.9 Å². The van der Waals surface area contributed by atoms with Gasteiger partial charge in [0.2, 0.25) is 10.0 Å². The van der Waals surface area contributed by atoms with Crippen LogP contribution in [0.3, 0.4) is 0 Å². The van der Waals surface area contributed by atoms with Crippen LogP contribution >= 0.6 is 11.6 Å². The molecule has 0 aliphatic carbocycles. The van der Waals surface area contributed by atoms with Gasteiger partial charge in [-0.1, -0.05) is 11.6 Å². The van der Waals surface area contributed by atoms with Crippen molar-refractivity contribution in [2.45, 2.75) is 11.3 Å². The smallest absolute Gasteiger partial charge is 0.271 e. The molecular weight excluding hydrogens is 334 g/mol. The summed E-state index contributed by atoms with van der Waals surface area (Å²) in [5.41, 5.74) is -0.301. The van der Waals surface area contributed by atoms with Gasteiger partial charge in [0, 0.05) is 38.8 Å². The molecule has 0 amide bonds. The van der Waals surface area contributed by atoms with Gasteiger partial charge in [0.25, 0.3) is 5.69 Å². The van der Waals surface area contributed by atoms with Gasteiger partial charge in [0.05, 0.1) is 22.6 Å². The maximum absolute atomic E-state index is 12.6. The van der Waals surface area contributed by atoms with Crippen LogP contribution in [0.25, 0.3) is 0 Å². The molecule has 10 heteroatoms. The first-order valence-corrected chi connectivity index (χ1v) is 7.96. The van der Waals surface area contributed by atoms with Gasteiger partial charge in [-0.15, -0.1) is 0 Å². The minimum absolute atomic E-state index is 0.00748. The SMILES string of the molecule is COCCN(CCC#N)S(=O)(=O)c1ccc([N+](=O)[O-])cc1Cl. The predicted molar refractivity (Wildman–Crippen MR) is 79.0 cm³/mol. The number of sulfonamides is 1. The summed E-state index contributed by atoms with van der Waals surface area (Å²) in [4.78, 5) is 9.76. The summed E-state index contributed by atoms with van der Waals surface area (Å²) >= 11 is 5.86. The van der Waals surface area contributed by atoms with Crippen molar-refractivity contribution in [2.75, 3.05) is 26.8 Å². The van der Waals surface area contributed by atoms with Crippen LogP contribution in [0.4, 0.5) is 5.69 Å². The molecule has 1 aromatic carbocycles. The van der Waals surface area contributed by atoms with Crippen molar-refractivity contribution in [2.24, 2.45) is 0 Å². The Hall–Kier alpha value is -1.73. The van der Waals surface area contributed by atoms with E-state index in [0.29, 0.717) is 0 Å². The summed E-state index contributed by atoms with van der Waals surface area (Å²) in [5.74, 6) is 0. The maximum atomic E-state index is 12.6. The fourth-order valence-electron chi connectivity index (χ4n) is 1.67. The van der Waals surface area contributed by atoms with Gasteiger partial charge in [0.15, 0.2) is 0 Å². The molecule has 0 saturated heterocycles. The normalized spacial score (nSPS) is 11.4. The Bertz CT molecular complexity index is 686. The number of nitro benzene ring substituents is 1. The van der Waals surface area contributed by atoms with E-state index in [2.05, 4.69) is 0 Å². The van der Waals surface area contributed by atoms with Gasteiger partial charge in [-0.05, 0) is 6.07 Å². The minimum atomic E-state index is -3.97. The molecule has 0 N–H and O–H groups in total. The molecule has 0 fully saturated rings. The number of nitro groups is 1. The first-order chi connectivity index (χ1) is 10.3. The van der Waals surface area contributed by atoms with Gasteiger partial charge in [-0.3, -0.25) is 10.1 Å². The summed E-state index contributed by atoms with van der Waals surface area (Å²) in [6.45, 7) is 0.179. The van der Waals surface area contributed by atoms with Crippen LogP contribution in [0, 0.1) is 21.4 Å². The van der Waals surface area contributed by atoms with E-state index in [1.54, 1.807) is 0 Å². The zero-order chi connectivity index (χ0) is 16.8. The molecule has 0 aliphatic rings. The number of rotatable bonds is 8. The number of benzene rings is 1. The van der Waals surface area contributed by atoms with Gasteiger partial charge in [-0.2, -0.15) is 9.57 Å². The Labute approximate surface area is 133 Å². The van der Waals surface area contributed by atoms with E-state index in [1.807, 2.05) is 6.07 Å². The molecule has 0 radical (unpaired) electrons. The zero-order valence-corrected chi connectivity index (χ0v) is 13.3. The van der Waals surface area contributed by atoms with Crippen molar-refractivity contribution in [3.05, 3.63) is 33.3 Å². The summed E-state index contributed by atoms with van der Waals surface area (Å²) in [6.07, 6.45) is 0.00748. The number of non-ortho nitro benzene ring substituents is 1. The van der Waals surface area contributed by atoms with Crippen LogP contribution in [-0.4, -0.2) is 44.5 Å². The third-order valence-corrected chi connectivity index (χ3v) is 5.14. The van der Waals surface area contributed by atoms with Crippen molar-refractivity contribution in [1.29, 1.82) is 5.26 Å². The molecule has 1 rings (SSSR count). The highest BCUT2D eigenvalue weighted by atomic mass is 35.5. The largest absolute Gasteiger partial charge is 0.383 e. The molecule has 0 bridgehead atoms. The number of methoxy groups -OCH3 is 1. The van der Waals surface area contributed by atoms with Crippen molar-refractivity contribution in [3.63, 3.8) is 0 Å². The summed E-state index contributed by atoms with van der Waals surface area (Å²) < 4.78 is 31.0. The predicted octanol–water partition coefficient (Wildman–Crippen LogP) is 1.80. The van der Waals surface area contributed by atoms with Gasteiger partial charge >= 0.3 is 0 Å². The molecule has 0 spiro atoms. The average molecular weight is 348 g/mol. The molecule has 22 heavy (non-hydrogen) atoms. The van der Waals surface area contributed by atoms with Crippen LogP contribution in [0.2, 0.25) is 5.02 Å². The van der Waals surface area contributed by atoms with Crippen molar-refractivity contribution < 1.29 is 18.1 Å². The lowest BCUT2D eigenvalue weighted by Crippen LogP contribution is -2.34. The molecular formula is C12H14ClN3O5S. The van der Waals surface area contributed by atoms with Gasteiger partial charge in [-0.25, -0.2) is 8.42 Å². The number of nitrogens with zero attached hydrogens (tertiary/aromatic N) is 3. The van der Waals surface area contributed by atoms with Crippen molar-refractivity contribution in [3.8, 4) is 6.07 Å². The Morgan fingerprint density at radius 1 is 1.45 bits per heavy atom. The average Bonchev–Trinajstić information content (AvgIpc) is 2.46. The number of halogens is 1. The topological polar surface area (TPSA) is 114 Å². The van der Waals surface area contributed by atoms with Crippen molar-refractivity contribution in [1.82, 2.24) is 4.31 Å². The highest BCUT2D eigenvalue weighted by Crippen LogP contribution is 2.28. The summed E-state index contributed by atoms with van der Waals surface area (Å²) in [7, 11) is -2.55. The molecule has 0 aliphatic heterocycles. The molecule has 0 saturated carbocycles. The van der Waals surface area contributed by atoms with E-state index in [1.165, 1.54) is 7.11 Å². The van der Waals surface area contributed by atoms with Crippen LogP contribution in [0.1, 0.15) is 6.42 Å². The van der Waals surface area contributed by atoms with Crippen molar-refractivity contribution >= 4 is 27.3 Å². The second-order valence-electron chi connectivity index (χ2n) is 4.18. The number of ether oxygens (including phenoxy) is 1. The Kier molecular flexibility index (Phi) is 6.70. The monoisotopic (exact) mass is 347 g/mol. The van der Waals surface area contributed by atoms with Crippen LogP contribution in [0.5, 0.6) is 0 Å². The first kappa shape index (κ1) is 18.3. The molecule has 0 heterocycles. The van der Waals surface area contributed by atoms with Crippen LogP contribution in [0.15, 0.2) is 23.1 Å². The van der Waals surface area contributed by atoms with E-state index in [0.717, 1.165) is 22.5 Å². The standard InChI is InChI=1S/C12H14ClN3O5S/c1-21-8-7-15(6-2-5-14)22(19,20)12-4-3-10(16(17)18)9-11(12)13/h3-4,9H,2,6-8H2,1H3. The highest BCUT2D eigenvalue weighted by molar-refractivity contribution is 7.89. The Morgan fingerprint density at radius 3 is 2.64 bits per heavy atom. The second kappa shape index (κ2) is 8.05. The Morgan fingerprint density at radius 2 is 2.14 bits per heavy atom. The summed E-state index contributed by atoms with van der Waals surface area (Å²) in [6, 6.07) is 5.00. The molecule has 0 unspecified atom stereocenters. The maximum Gasteiger partial charge on any atom is 0.271 e. The second-order valence-corrected chi connectivity index (χ2v) is 6.49. The molecule has 0 atom stereocenters. The van der Waals surface area contributed by atoms with Crippen LogP contribution < -0.4 is 0 Å². The number of nitriles is 1. The first-order valence-electron chi connectivity index (χ1n) is 6.14. The number of hydrogen-bond acceptors (Lipinski definition) is 6. The lowest BCUT2D eigenvalue weighted by Gasteiger charge is -2.21. The number of hydrogen-bond donors (Lipinski definition) is 0. The molecule has 8 nitrogen and oxygen atoms in total. The van der Waals surface area contributed by atoms with Gasteiger partial charge < -0.3 is 4.74 Å². The van der Waals surface area contributed by atoms with E-state index in [9.17, 15) is 18.5 Å². The summed E-state index contributed by atoms with van der Waals surface area (Å²) in [5, 5.41) is 19.0. The molecule has 0 aromatic heterocycles. The van der Waals surface area contributed by atoms with E-state index in [4.69, 9.17) is 21.6 Å². The fourth-order valence-corrected chi connectivity index (χ4v) is 3.61. The fraction of sp³-hybridized carbons (Fsp3) is 0.417. The Balaban J connectivity index is 3.18.